The zero-order chi connectivity index (χ0) is 28.1. The Kier molecular flexibility index (Phi) is 8.39. The summed E-state index contributed by atoms with van der Waals surface area (Å²) in [6.45, 7) is 1.69. The zero-order valence-electron chi connectivity index (χ0n) is 21.1. The summed E-state index contributed by atoms with van der Waals surface area (Å²) >= 11 is -1.36. The topological polar surface area (TPSA) is 120 Å². The molecule has 2 heterocycles. The van der Waals surface area contributed by atoms with Crippen LogP contribution in [0.15, 0.2) is 72.0 Å². The number of amides is 1. The molecule has 1 unspecified atom stereocenters. The van der Waals surface area contributed by atoms with E-state index in [2.05, 4.69) is 15.3 Å². The summed E-state index contributed by atoms with van der Waals surface area (Å²) in [5.41, 5.74) is 2.24. The summed E-state index contributed by atoms with van der Waals surface area (Å²) in [5.74, 6) is -0.142. The van der Waals surface area contributed by atoms with Gasteiger partial charge in [-0.1, -0.05) is 24.3 Å². The predicted octanol–water partition coefficient (Wildman–Crippen LogP) is 6.05. The van der Waals surface area contributed by atoms with E-state index >= 15 is 0 Å². The molecular formula is C28H22F2N4O4S. The molecule has 0 aliphatic carbocycles. The number of nitrogens with zero attached hydrogens (tertiary/aromatic N) is 3. The molecule has 1 N–H and O–H groups in total. The summed E-state index contributed by atoms with van der Waals surface area (Å²) in [7, 11) is 1.42. The summed E-state index contributed by atoms with van der Waals surface area (Å²) < 4.78 is 49.4. The van der Waals surface area contributed by atoms with Crippen LogP contribution in [0.3, 0.4) is 0 Å². The molecule has 0 radical (unpaired) electrons. The van der Waals surface area contributed by atoms with Gasteiger partial charge in [-0.05, 0) is 36.2 Å². The first kappa shape index (κ1) is 27.5. The number of nitriles is 1. The summed E-state index contributed by atoms with van der Waals surface area (Å²) in [4.78, 5) is 22.0. The number of methoxy groups -OCH3 is 1. The van der Waals surface area contributed by atoms with Gasteiger partial charge in [-0.3, -0.25) is 4.79 Å². The van der Waals surface area contributed by atoms with Gasteiger partial charge in [-0.25, -0.2) is 18.7 Å². The van der Waals surface area contributed by atoms with E-state index in [0.717, 1.165) is 0 Å². The predicted molar refractivity (Wildman–Crippen MR) is 142 cm³/mol. The number of rotatable bonds is 8. The fraction of sp³-hybridized carbons (Fsp3) is 0.143. The van der Waals surface area contributed by atoms with Gasteiger partial charge < -0.3 is 19.3 Å². The van der Waals surface area contributed by atoms with Crippen molar-refractivity contribution in [1.29, 1.82) is 5.26 Å². The Bertz CT molecular complexity index is 1560. The Morgan fingerprint density at radius 2 is 1.85 bits per heavy atom. The number of nitrogens with one attached hydrogen (secondary N) is 1. The number of anilines is 1. The van der Waals surface area contributed by atoms with Gasteiger partial charge >= 0.3 is 0 Å². The molecule has 0 saturated carbocycles. The van der Waals surface area contributed by atoms with Crippen molar-refractivity contribution < 1.29 is 27.6 Å². The second kappa shape index (κ2) is 11.9. The molecule has 0 bridgehead atoms. The van der Waals surface area contributed by atoms with Crippen molar-refractivity contribution in [2.24, 2.45) is 0 Å². The highest BCUT2D eigenvalue weighted by Gasteiger charge is 2.23. The lowest BCUT2D eigenvalue weighted by Crippen LogP contribution is -2.16. The van der Waals surface area contributed by atoms with Crippen LogP contribution in [0.4, 0.5) is 14.5 Å². The number of carbonyl (C=O) groups is 1. The highest BCUT2D eigenvalue weighted by atomic mass is 32.2. The Hall–Kier alpha value is -4.53. The quantitative estimate of drug-likeness (QED) is 0.266. The van der Waals surface area contributed by atoms with Crippen molar-refractivity contribution in [3.63, 3.8) is 0 Å². The highest BCUT2D eigenvalue weighted by Crippen LogP contribution is 2.37. The number of hydrogen-bond acceptors (Lipinski definition) is 7. The smallest absolute Gasteiger partial charge is 0.263 e. The van der Waals surface area contributed by atoms with E-state index in [1.807, 2.05) is 6.07 Å². The van der Waals surface area contributed by atoms with Gasteiger partial charge in [0.05, 0.1) is 18.7 Å². The van der Waals surface area contributed by atoms with Crippen LogP contribution in [0.2, 0.25) is 0 Å². The lowest BCUT2D eigenvalue weighted by atomic mass is 9.97. The number of halogens is 2. The standard InChI is InChI=1S/C28H22F2N4O4S/c1-16-21(18-5-7-19(8-6-18)26(29)30)15-33-28(38-22-9-4-17(14-31)12-23(22)37-2)25(16)27(35)34-20-10-11-32-24(13-20)39(3)36/h4-13,15,26H,1-3H3,(H,32,34,35). The van der Waals surface area contributed by atoms with Gasteiger partial charge in [0.1, 0.15) is 11.8 Å². The normalized spacial score (nSPS) is 11.5. The summed E-state index contributed by atoms with van der Waals surface area (Å²) in [5, 5.41) is 12.2. The van der Waals surface area contributed by atoms with Gasteiger partial charge in [0.15, 0.2) is 11.5 Å². The molecule has 0 aliphatic heterocycles. The molecular weight excluding hydrogens is 526 g/mol. The third kappa shape index (κ3) is 6.14. The fourth-order valence-electron chi connectivity index (χ4n) is 3.79. The minimum atomic E-state index is -2.61. The molecule has 1 atom stereocenters. The third-order valence-electron chi connectivity index (χ3n) is 5.79. The van der Waals surface area contributed by atoms with Gasteiger partial charge in [-0.2, -0.15) is 5.26 Å². The molecule has 4 rings (SSSR count). The molecule has 0 aliphatic rings. The molecule has 2 aromatic carbocycles. The number of carbonyl (C=O) groups excluding carboxylic acids is 1. The van der Waals surface area contributed by atoms with Crippen molar-refractivity contribution in [3.05, 3.63) is 89.2 Å². The second-order valence-corrected chi connectivity index (χ2v) is 9.60. The first-order valence-electron chi connectivity index (χ1n) is 11.5. The average molecular weight is 549 g/mol. The van der Waals surface area contributed by atoms with Crippen molar-refractivity contribution in [2.45, 2.75) is 18.4 Å². The molecule has 0 spiro atoms. The average Bonchev–Trinajstić information content (AvgIpc) is 2.93. The van der Waals surface area contributed by atoms with Gasteiger partial charge in [0, 0.05) is 52.5 Å². The van der Waals surface area contributed by atoms with E-state index in [1.165, 1.54) is 74.3 Å². The van der Waals surface area contributed by atoms with Gasteiger partial charge in [-0.15, -0.1) is 0 Å². The van der Waals surface area contributed by atoms with E-state index in [-0.39, 0.29) is 33.5 Å². The molecule has 8 nitrogen and oxygen atoms in total. The molecule has 39 heavy (non-hydrogen) atoms. The number of alkyl halides is 2. The summed E-state index contributed by atoms with van der Waals surface area (Å²) in [6.07, 6.45) is 1.78. The van der Waals surface area contributed by atoms with E-state index in [1.54, 1.807) is 13.0 Å². The number of hydrogen-bond donors (Lipinski definition) is 1. The molecule has 11 heteroatoms. The largest absolute Gasteiger partial charge is 0.610 e. The van der Waals surface area contributed by atoms with Crippen LogP contribution in [0.25, 0.3) is 11.1 Å². The number of ether oxygens (including phenoxy) is 2. The SMILES string of the molecule is COc1cc(C#N)ccc1Oc1ncc(-c2ccc(C(F)F)cc2)c(C)c1C(=O)Nc1ccnc([S+](C)[O-])c1. The molecule has 2 aromatic heterocycles. The van der Waals surface area contributed by atoms with Crippen LogP contribution in [-0.2, 0) is 11.2 Å². The Morgan fingerprint density at radius 3 is 2.49 bits per heavy atom. The number of aromatic nitrogens is 2. The van der Waals surface area contributed by atoms with Crippen LogP contribution in [0.5, 0.6) is 17.4 Å². The first-order chi connectivity index (χ1) is 18.7. The Labute approximate surface area is 226 Å². The zero-order valence-corrected chi connectivity index (χ0v) is 21.9. The minimum Gasteiger partial charge on any atom is -0.610 e. The Balaban J connectivity index is 1.80. The Morgan fingerprint density at radius 1 is 1.10 bits per heavy atom. The minimum absolute atomic E-state index is 0.0469. The monoisotopic (exact) mass is 548 g/mol. The fourth-order valence-corrected chi connectivity index (χ4v) is 4.29. The van der Waals surface area contributed by atoms with Gasteiger partial charge in [0.25, 0.3) is 12.3 Å². The maximum absolute atomic E-state index is 13.6. The van der Waals surface area contributed by atoms with Crippen molar-refractivity contribution >= 4 is 22.8 Å². The second-order valence-electron chi connectivity index (χ2n) is 8.27. The van der Waals surface area contributed by atoms with Crippen LogP contribution < -0.4 is 14.8 Å². The van der Waals surface area contributed by atoms with E-state index in [9.17, 15) is 23.4 Å². The van der Waals surface area contributed by atoms with Crippen molar-refractivity contribution in [3.8, 4) is 34.6 Å². The molecule has 0 saturated heterocycles. The maximum Gasteiger partial charge on any atom is 0.263 e. The van der Waals surface area contributed by atoms with Crippen LogP contribution >= 0.6 is 0 Å². The lowest BCUT2D eigenvalue weighted by Gasteiger charge is -2.17. The molecule has 4 aromatic rings. The van der Waals surface area contributed by atoms with Crippen molar-refractivity contribution in [2.75, 3.05) is 18.7 Å². The van der Waals surface area contributed by atoms with Crippen LogP contribution in [0.1, 0.15) is 33.5 Å². The molecule has 1 amide bonds. The van der Waals surface area contributed by atoms with Crippen molar-refractivity contribution in [1.82, 2.24) is 9.97 Å². The molecule has 198 valence electrons. The highest BCUT2D eigenvalue weighted by molar-refractivity contribution is 7.90. The third-order valence-corrected chi connectivity index (χ3v) is 6.60. The molecule has 0 fully saturated rings. The maximum atomic E-state index is 13.6. The summed E-state index contributed by atoms with van der Waals surface area (Å²) in [6, 6.07) is 15.3. The van der Waals surface area contributed by atoms with Crippen LogP contribution in [-0.4, -0.2) is 33.8 Å². The van der Waals surface area contributed by atoms with E-state index < -0.39 is 23.5 Å². The van der Waals surface area contributed by atoms with Gasteiger partial charge in [0.2, 0.25) is 10.9 Å². The van der Waals surface area contributed by atoms with E-state index in [4.69, 9.17) is 9.47 Å². The number of benzene rings is 2. The van der Waals surface area contributed by atoms with E-state index in [0.29, 0.717) is 27.9 Å². The number of pyridine rings is 2. The first-order valence-corrected chi connectivity index (χ1v) is 13.0. The van der Waals surface area contributed by atoms with Crippen LogP contribution in [0, 0.1) is 18.3 Å². The lowest BCUT2D eigenvalue weighted by molar-refractivity contribution is 0.102.